The summed E-state index contributed by atoms with van der Waals surface area (Å²) in [5.74, 6) is -4.28. The summed E-state index contributed by atoms with van der Waals surface area (Å²) in [4.78, 5) is 124. The Morgan fingerprint density at radius 3 is 1.03 bits per heavy atom. The second kappa shape index (κ2) is 46.3. The molecule has 26 heteroatoms. The molecule has 0 aliphatic carbocycles. The van der Waals surface area contributed by atoms with Gasteiger partial charge in [0.05, 0.1) is 51.2 Å². The molecule has 2 N–H and O–H groups in total. The number of carbonyl (C=O) groups excluding carboxylic acids is 9. The van der Waals surface area contributed by atoms with E-state index in [4.69, 9.17) is 23.4 Å². The van der Waals surface area contributed by atoms with Crippen molar-refractivity contribution < 1.29 is 109 Å². The minimum Gasteiger partial charge on any atom is -0.304 e. The molecular formula is C92H100N6O17P2Zn+2. The Morgan fingerprint density at radius 2 is 0.703 bits per heavy atom. The van der Waals surface area contributed by atoms with E-state index < -0.39 is 69.5 Å². The fourth-order valence-corrected chi connectivity index (χ4v) is 16.4. The SMILES string of the molecule is CC(=O)OO.CC(C)C1C(=O)N(CC(=O)c2ccccc2)C(=O)N=C1Cc1ccccc1.CC(C)C1C(=O)N(CC(=O)c2ccccc2)C(=O)[N+](CCP(=O)(OCc2ccccc2)OCc2ccccc2)=C1Cc1ccccc1.CC(C)C1C(=O)NC(=O)[N+](CCP(=O)(OCc2ccccc2)OCc2ccccc2)=C1Cc1ccccc1.[Zn]. The molecule has 0 saturated carbocycles. The van der Waals surface area contributed by atoms with Gasteiger partial charge in [-0.3, -0.25) is 28.4 Å². The number of amides is 9. The number of aliphatic imine (C=N–C) groups is 1. The number of rotatable bonds is 33. The third kappa shape index (κ3) is 27.6. The molecule has 0 saturated heterocycles. The van der Waals surface area contributed by atoms with Gasteiger partial charge in [0, 0.05) is 62.5 Å². The summed E-state index contributed by atoms with van der Waals surface area (Å²) >= 11 is 0. The maximum absolute atomic E-state index is 14.4. The van der Waals surface area contributed by atoms with E-state index in [1.807, 2.05) is 260 Å². The van der Waals surface area contributed by atoms with Crippen LogP contribution in [-0.4, -0.2) is 133 Å². The van der Waals surface area contributed by atoms with Crippen LogP contribution in [-0.2, 0) is 116 Å². The van der Waals surface area contributed by atoms with Gasteiger partial charge < -0.3 is 23.0 Å². The molecule has 23 nitrogen and oxygen atoms in total. The number of hydrogen-bond acceptors (Lipinski definition) is 17. The predicted octanol–water partition coefficient (Wildman–Crippen LogP) is 17.1. The van der Waals surface area contributed by atoms with Crippen molar-refractivity contribution in [3.63, 3.8) is 0 Å². The molecule has 9 aromatic carbocycles. The predicted molar refractivity (Wildman–Crippen MR) is 447 cm³/mol. The van der Waals surface area contributed by atoms with Crippen LogP contribution in [0.3, 0.4) is 0 Å². The van der Waals surface area contributed by atoms with Crippen LogP contribution in [0.2, 0.25) is 0 Å². The number of benzene rings is 9. The van der Waals surface area contributed by atoms with Crippen molar-refractivity contribution in [2.24, 2.45) is 40.5 Å². The van der Waals surface area contributed by atoms with Crippen molar-refractivity contribution in [1.82, 2.24) is 15.1 Å². The zero-order valence-corrected chi connectivity index (χ0v) is 72.2. The van der Waals surface area contributed by atoms with Crippen molar-refractivity contribution in [3.8, 4) is 0 Å². The number of carbonyl (C=O) groups is 9. The Morgan fingerprint density at radius 1 is 0.415 bits per heavy atom. The first-order valence-corrected chi connectivity index (χ1v) is 42.2. The van der Waals surface area contributed by atoms with Gasteiger partial charge in [0.25, 0.3) is 0 Å². The van der Waals surface area contributed by atoms with Gasteiger partial charge in [0.2, 0.25) is 11.7 Å². The average Bonchev–Trinajstić information content (AvgIpc) is 0.766. The molecule has 12 rings (SSSR count). The second-order valence-electron chi connectivity index (χ2n) is 29.1. The molecule has 3 aliphatic rings. The van der Waals surface area contributed by atoms with Crippen LogP contribution in [0.15, 0.2) is 278 Å². The molecular weight excluding hydrogens is 1590 g/mol. The molecule has 118 heavy (non-hydrogen) atoms. The van der Waals surface area contributed by atoms with Crippen molar-refractivity contribution in [2.75, 3.05) is 38.5 Å². The zero-order valence-electron chi connectivity index (χ0n) is 67.5. The molecule has 0 radical (unpaired) electrons. The second-order valence-corrected chi connectivity index (χ2v) is 33.5. The molecule has 9 aromatic rings. The van der Waals surface area contributed by atoms with Crippen molar-refractivity contribution in [1.29, 1.82) is 0 Å². The summed E-state index contributed by atoms with van der Waals surface area (Å²) in [6.45, 7) is 12.5. The summed E-state index contributed by atoms with van der Waals surface area (Å²) in [6.07, 6.45) is 1.08. The Hall–Kier alpha value is -10.9. The van der Waals surface area contributed by atoms with Crippen molar-refractivity contribution in [2.45, 2.75) is 94.2 Å². The van der Waals surface area contributed by atoms with E-state index in [1.165, 1.54) is 4.58 Å². The van der Waals surface area contributed by atoms with Gasteiger partial charge in [-0.05, 0) is 56.7 Å². The van der Waals surface area contributed by atoms with E-state index in [1.54, 1.807) is 59.2 Å². The third-order valence-corrected chi connectivity index (χ3v) is 23.0. The number of nitrogens with one attached hydrogen (secondary N) is 1. The standard InChI is InChI=1S/C38H40N2O6P.C30H33N2O5P.C22H22N2O3.C2H4O3.Zn/c1-29(2)36-34(25-30-15-7-3-8-16-30)39(38(43)40(37(36)42)26-35(41)33-21-13-6-14-22-33)23-24-47(44,45-27-31-17-9-4-10-18-31)46-28-32-19-11-5-12-20-32;1-23(2)28-27(20-24-12-6-3-7-13-24)32(30(34)31-29(28)33)18-19-38(35,36-21-25-14-8-4-9-15-25)37-22-26-16-10-5-11-17-26;1-15(2)20-18(13-16-9-5-3-6-10-16)23-22(27)24(21(20)26)14-19(25)17-11-7-4-8-12-17;1-2(3)5-4;/h3-22,29,36H,23-28H2,1-2H3;3-17,23,28H,18-22H2,1-2H3;3-12,15,20H,13-14H2,1-2H3;4H,1H3;/q+1;;;;/p+1. The van der Waals surface area contributed by atoms with E-state index in [0.29, 0.717) is 47.5 Å². The van der Waals surface area contributed by atoms with Crippen molar-refractivity contribution >= 4 is 85.7 Å². The molecule has 3 aliphatic heterocycles. The molecule has 0 aromatic heterocycles. The molecule has 0 fully saturated rings. The van der Waals surface area contributed by atoms with E-state index >= 15 is 0 Å². The van der Waals surface area contributed by atoms with Crippen LogP contribution in [0.5, 0.6) is 0 Å². The number of Topliss-reactive ketones (excluding diaryl/α,β-unsaturated/α-hetero) is 2. The topological polar surface area (TPSA) is 291 Å². The van der Waals surface area contributed by atoms with Gasteiger partial charge in [-0.1, -0.05) is 315 Å². The molecule has 0 spiro atoms. The number of urea groups is 3. The molecule has 3 atom stereocenters. The Kier molecular flexibility index (Phi) is 36.3. The quantitative estimate of drug-likeness (QED) is 0.00964. The van der Waals surface area contributed by atoms with Crippen LogP contribution in [0, 0.1) is 35.5 Å². The Labute approximate surface area is 701 Å². The first-order chi connectivity index (χ1) is 56.3. The smallest absolute Gasteiger partial charge is 0.304 e. The van der Waals surface area contributed by atoms with Gasteiger partial charge in [0.15, 0.2) is 12.3 Å². The number of nitrogens with zero attached hydrogens (tertiary/aromatic N) is 5. The van der Waals surface area contributed by atoms with Gasteiger partial charge >= 0.3 is 51.1 Å². The summed E-state index contributed by atoms with van der Waals surface area (Å²) in [5.41, 5.74) is 9.05. The fraction of sp³-hybridized carbons (Fsp3) is 0.283. The van der Waals surface area contributed by atoms with Crippen LogP contribution in [0.1, 0.15) is 108 Å². The molecule has 0 bridgehead atoms. The molecule has 3 unspecified atom stereocenters. The average molecular weight is 1690 g/mol. The number of imide groups is 3. The van der Waals surface area contributed by atoms with E-state index in [-0.39, 0.29) is 119 Å². The van der Waals surface area contributed by atoms with Crippen LogP contribution in [0.4, 0.5) is 14.4 Å². The summed E-state index contributed by atoms with van der Waals surface area (Å²) < 4.78 is 55.3. The van der Waals surface area contributed by atoms with Gasteiger partial charge in [-0.2, -0.15) is 34.2 Å². The monoisotopic (exact) mass is 1690 g/mol. The van der Waals surface area contributed by atoms with Crippen LogP contribution >= 0.6 is 15.2 Å². The van der Waals surface area contributed by atoms with Crippen molar-refractivity contribution in [3.05, 3.63) is 323 Å². The first-order valence-electron chi connectivity index (χ1n) is 38.7. The van der Waals surface area contributed by atoms with Crippen LogP contribution in [0.25, 0.3) is 0 Å². The molecule has 610 valence electrons. The largest absolute Gasteiger partial charge is 0.501 e. The normalized spacial score (nSPS) is 15.6. The van der Waals surface area contributed by atoms with E-state index in [0.717, 1.165) is 55.7 Å². The van der Waals surface area contributed by atoms with Gasteiger partial charge in [0.1, 0.15) is 36.3 Å². The summed E-state index contributed by atoms with van der Waals surface area (Å²) in [7, 11) is -7.41. The summed E-state index contributed by atoms with van der Waals surface area (Å²) in [5, 5.41) is 9.78. The minimum absolute atomic E-state index is 0. The van der Waals surface area contributed by atoms with Crippen LogP contribution < -0.4 is 5.32 Å². The van der Waals surface area contributed by atoms with Gasteiger partial charge in [-0.15, -0.1) is 0 Å². The van der Waals surface area contributed by atoms with E-state index in [2.05, 4.69) is 15.2 Å². The summed E-state index contributed by atoms with van der Waals surface area (Å²) in [6, 6.07) is 82.1. The number of hydrogen-bond donors (Lipinski definition) is 2. The third-order valence-electron chi connectivity index (χ3n) is 19.4. The Bertz CT molecular complexity index is 4940. The number of ketones is 2. The Balaban J connectivity index is 0.000000220. The maximum Gasteiger partial charge on any atom is 0.501 e. The first kappa shape index (κ1) is 92.6. The van der Waals surface area contributed by atoms with Gasteiger partial charge in [-0.25, -0.2) is 24.2 Å². The maximum atomic E-state index is 14.4. The fourth-order valence-electron chi connectivity index (χ4n) is 13.5. The molecule has 9 amide bonds. The minimum atomic E-state index is -3.78. The zero-order chi connectivity index (χ0) is 83.9. The van der Waals surface area contributed by atoms with E-state index in [9.17, 15) is 52.3 Å². The molecule has 3 heterocycles.